The van der Waals surface area contributed by atoms with Gasteiger partial charge in [-0.1, -0.05) is 0 Å². The van der Waals surface area contributed by atoms with Crippen LogP contribution in [0.5, 0.6) is 0 Å². The quantitative estimate of drug-likeness (QED) is 0.367. The average Bonchev–Trinajstić information content (AvgIpc) is 2.64. The maximum atomic E-state index is 14.4. The van der Waals surface area contributed by atoms with Gasteiger partial charge in [0.25, 0.3) is 0 Å². The van der Waals surface area contributed by atoms with Gasteiger partial charge in [0.05, 0.1) is 23.7 Å². The molecule has 32 heavy (non-hydrogen) atoms. The van der Waals surface area contributed by atoms with Crippen molar-refractivity contribution in [1.82, 2.24) is 0 Å². The van der Waals surface area contributed by atoms with Crippen LogP contribution in [0.3, 0.4) is 0 Å². The summed E-state index contributed by atoms with van der Waals surface area (Å²) < 4.78 is 229. The molecule has 0 aliphatic heterocycles. The van der Waals surface area contributed by atoms with Gasteiger partial charge in [0.1, 0.15) is 49.4 Å². The van der Waals surface area contributed by atoms with Crippen LogP contribution in [0.4, 0.5) is 70.2 Å². The molecule has 8 atom stereocenters. The Kier molecular flexibility index (Phi) is 5.73. The predicted molar refractivity (Wildman–Crippen MR) is 72.9 cm³/mol. The SMILES string of the molecule is FC1C(F)C2C(F)C(F)C1C(F)(F)C(F)(F)C1C(F)C(F)C(C(F)C1F)C(F)(F)C2(F)F. The van der Waals surface area contributed by atoms with Crippen LogP contribution in [0, 0.1) is 23.7 Å². The van der Waals surface area contributed by atoms with Crippen molar-refractivity contribution in [1.29, 1.82) is 0 Å². The van der Waals surface area contributed by atoms with E-state index in [-0.39, 0.29) is 0 Å². The first-order chi connectivity index (χ1) is 14.3. The van der Waals surface area contributed by atoms with Crippen molar-refractivity contribution in [3.8, 4) is 0 Å². The van der Waals surface area contributed by atoms with Crippen LogP contribution in [0.15, 0.2) is 0 Å². The first kappa shape index (κ1) is 25.5. The summed E-state index contributed by atoms with van der Waals surface area (Å²) in [4.78, 5) is 0. The fourth-order valence-corrected chi connectivity index (χ4v) is 4.78. The average molecular weight is 508 g/mol. The third kappa shape index (κ3) is 2.84. The van der Waals surface area contributed by atoms with E-state index in [1.54, 1.807) is 0 Å². The molecule has 0 N–H and O–H groups in total. The number of alkyl halides is 16. The van der Waals surface area contributed by atoms with Gasteiger partial charge in [-0.3, -0.25) is 0 Å². The van der Waals surface area contributed by atoms with Crippen molar-refractivity contribution in [3.05, 3.63) is 0 Å². The predicted octanol–water partition coefficient (Wildman–Crippen LogP) is 5.74. The number of halogens is 16. The van der Waals surface area contributed by atoms with Gasteiger partial charge in [-0.05, 0) is 0 Å². The van der Waals surface area contributed by atoms with Gasteiger partial charge in [-0.15, -0.1) is 0 Å². The molecule has 0 aromatic heterocycles. The summed E-state index contributed by atoms with van der Waals surface area (Å²) in [7, 11) is 0. The summed E-state index contributed by atoms with van der Waals surface area (Å²) in [5.74, 6) is -44.1. The Morgan fingerprint density at radius 2 is 0.344 bits per heavy atom. The molecule has 0 radical (unpaired) electrons. The Bertz CT molecular complexity index is 573. The first-order valence-corrected chi connectivity index (χ1v) is 8.91. The Hall–Kier alpha value is -1.12. The van der Waals surface area contributed by atoms with Gasteiger partial charge < -0.3 is 0 Å². The standard InChI is InChI=1S/C16H12F16/c17-5-1-6(18)8(20)2(7(5)19)15(29,30)16(31,32)4-11(23)9(21)3(10(22)12(4)24)14(27,28)13(1,25)26/h1-12H. The molecule has 6 aliphatic carbocycles. The Morgan fingerprint density at radius 3 is 0.438 bits per heavy atom. The zero-order valence-corrected chi connectivity index (χ0v) is 15.0. The lowest BCUT2D eigenvalue weighted by Crippen LogP contribution is -2.74. The minimum absolute atomic E-state index is 4.49. The second kappa shape index (κ2) is 7.19. The molecule has 188 valence electrons. The highest BCUT2D eigenvalue weighted by atomic mass is 19.3. The van der Waals surface area contributed by atoms with Gasteiger partial charge in [0, 0.05) is 0 Å². The van der Waals surface area contributed by atoms with E-state index in [1.165, 1.54) is 0 Å². The second-order valence-corrected chi connectivity index (χ2v) is 8.15. The Labute approximate surface area is 168 Å². The third-order valence-electron chi connectivity index (χ3n) is 6.52. The fraction of sp³-hybridized carbons (Fsp3) is 1.00. The van der Waals surface area contributed by atoms with Crippen molar-refractivity contribution in [3.63, 3.8) is 0 Å². The van der Waals surface area contributed by atoms with E-state index < -0.39 is 96.7 Å². The summed E-state index contributed by atoms with van der Waals surface area (Å²) in [5.41, 5.74) is 0. The molecule has 4 bridgehead atoms. The zero-order valence-electron chi connectivity index (χ0n) is 15.0. The molecule has 6 fully saturated rings. The maximum Gasteiger partial charge on any atom is 0.319 e. The molecular formula is C16H12F16. The van der Waals surface area contributed by atoms with Crippen molar-refractivity contribution in [2.75, 3.05) is 0 Å². The fourth-order valence-electron chi connectivity index (χ4n) is 4.78. The van der Waals surface area contributed by atoms with Gasteiger partial charge in [0.15, 0.2) is 0 Å². The van der Waals surface area contributed by atoms with E-state index in [2.05, 4.69) is 0 Å². The summed E-state index contributed by atoms with van der Waals surface area (Å²) in [6.07, 6.45) is -35.9. The molecule has 6 rings (SSSR count). The van der Waals surface area contributed by atoms with Crippen LogP contribution in [-0.2, 0) is 0 Å². The largest absolute Gasteiger partial charge is 0.319 e. The number of hydrogen-bond donors (Lipinski definition) is 0. The van der Waals surface area contributed by atoms with Crippen LogP contribution in [0.25, 0.3) is 0 Å². The topological polar surface area (TPSA) is 0 Å². The monoisotopic (exact) mass is 508 g/mol. The Morgan fingerprint density at radius 1 is 0.250 bits per heavy atom. The zero-order chi connectivity index (χ0) is 24.9. The minimum Gasteiger partial charge on any atom is -0.244 e. The molecule has 8 unspecified atom stereocenters. The normalized spacial score (nSPS) is 54.0. The van der Waals surface area contributed by atoms with Gasteiger partial charge >= 0.3 is 23.7 Å². The molecule has 0 spiro atoms. The summed E-state index contributed by atoms with van der Waals surface area (Å²) in [5, 5.41) is 0. The molecule has 0 amide bonds. The molecule has 16 heteroatoms. The van der Waals surface area contributed by atoms with Crippen molar-refractivity contribution >= 4 is 0 Å². The van der Waals surface area contributed by atoms with E-state index in [1.807, 2.05) is 0 Å². The lowest BCUT2D eigenvalue weighted by atomic mass is 9.62. The summed E-state index contributed by atoms with van der Waals surface area (Å²) in [6, 6.07) is 0. The van der Waals surface area contributed by atoms with Crippen molar-refractivity contribution in [2.24, 2.45) is 23.7 Å². The van der Waals surface area contributed by atoms with E-state index in [4.69, 9.17) is 0 Å². The van der Waals surface area contributed by atoms with Crippen LogP contribution < -0.4 is 0 Å². The maximum absolute atomic E-state index is 14.4. The molecule has 0 saturated heterocycles. The summed E-state index contributed by atoms with van der Waals surface area (Å²) in [6.45, 7) is 0. The first-order valence-electron chi connectivity index (χ1n) is 8.91. The highest BCUT2D eigenvalue weighted by Crippen LogP contribution is 2.63. The van der Waals surface area contributed by atoms with Gasteiger partial charge in [-0.25, -0.2) is 35.1 Å². The number of hydrogen-bond acceptors (Lipinski definition) is 0. The third-order valence-corrected chi connectivity index (χ3v) is 6.52. The molecule has 6 saturated carbocycles. The van der Waals surface area contributed by atoms with Gasteiger partial charge in [-0.2, -0.15) is 35.1 Å². The molecule has 0 nitrogen and oxygen atoms in total. The highest BCUT2D eigenvalue weighted by molar-refractivity contribution is 5.19. The molecule has 0 aromatic carbocycles. The highest BCUT2D eigenvalue weighted by Gasteiger charge is 2.83. The molecule has 0 heterocycles. The van der Waals surface area contributed by atoms with Crippen LogP contribution in [0.2, 0.25) is 0 Å². The number of rotatable bonds is 0. The molecular weight excluding hydrogens is 496 g/mol. The van der Waals surface area contributed by atoms with E-state index in [0.717, 1.165) is 0 Å². The Balaban J connectivity index is 2.37. The van der Waals surface area contributed by atoms with E-state index in [0.29, 0.717) is 0 Å². The van der Waals surface area contributed by atoms with Crippen molar-refractivity contribution < 1.29 is 70.2 Å². The molecule has 0 aromatic rings. The van der Waals surface area contributed by atoms with Crippen molar-refractivity contribution in [2.45, 2.75) is 73.1 Å². The minimum atomic E-state index is -6.49. The lowest BCUT2D eigenvalue weighted by Gasteiger charge is -2.53. The van der Waals surface area contributed by atoms with Crippen LogP contribution >= 0.6 is 0 Å². The van der Waals surface area contributed by atoms with E-state index in [9.17, 15) is 70.2 Å². The van der Waals surface area contributed by atoms with Crippen LogP contribution in [0.1, 0.15) is 0 Å². The second-order valence-electron chi connectivity index (χ2n) is 8.15. The smallest absolute Gasteiger partial charge is 0.244 e. The van der Waals surface area contributed by atoms with Gasteiger partial charge in [0.2, 0.25) is 0 Å². The summed E-state index contributed by atoms with van der Waals surface area (Å²) >= 11 is 0. The lowest BCUT2D eigenvalue weighted by molar-refractivity contribution is -0.358. The molecule has 6 aliphatic rings. The van der Waals surface area contributed by atoms with E-state index >= 15 is 0 Å². The van der Waals surface area contributed by atoms with Crippen LogP contribution in [-0.4, -0.2) is 73.1 Å².